The minimum atomic E-state index is -0.213. The van der Waals surface area contributed by atoms with Crippen molar-refractivity contribution in [3.8, 4) is 0 Å². The van der Waals surface area contributed by atoms with Crippen LogP contribution in [0.15, 0.2) is 41.0 Å². The van der Waals surface area contributed by atoms with Crippen LogP contribution in [-0.2, 0) is 0 Å². The molecule has 1 aliphatic rings. The van der Waals surface area contributed by atoms with Crippen molar-refractivity contribution in [1.29, 1.82) is 0 Å². The first-order valence-electron chi connectivity index (χ1n) is 5.24. The van der Waals surface area contributed by atoms with Gasteiger partial charge in [-0.05, 0) is 37.0 Å². The Bertz CT molecular complexity index is 413. The molecule has 0 spiro atoms. The van der Waals surface area contributed by atoms with Gasteiger partial charge in [-0.15, -0.1) is 0 Å². The summed E-state index contributed by atoms with van der Waals surface area (Å²) in [6, 6.07) is 7.27. The number of rotatable bonds is 3. The van der Waals surface area contributed by atoms with Crippen LogP contribution >= 0.6 is 15.9 Å². The molecule has 0 bridgehead atoms. The molecular weight excluding hydrogens is 268 g/mol. The molecule has 1 aromatic carbocycles. The highest BCUT2D eigenvalue weighted by molar-refractivity contribution is 9.10. The van der Waals surface area contributed by atoms with E-state index in [-0.39, 0.29) is 6.03 Å². The van der Waals surface area contributed by atoms with E-state index in [2.05, 4.69) is 26.6 Å². The van der Waals surface area contributed by atoms with Crippen molar-refractivity contribution in [1.82, 2.24) is 5.32 Å². The maximum Gasteiger partial charge on any atom is 0.323 e. The lowest BCUT2D eigenvalue weighted by Gasteiger charge is -2.04. The maximum atomic E-state index is 11.4. The second kappa shape index (κ2) is 5.16. The number of amides is 2. The van der Waals surface area contributed by atoms with Gasteiger partial charge in [0.15, 0.2) is 0 Å². The van der Waals surface area contributed by atoms with E-state index in [1.54, 1.807) is 6.20 Å². The third kappa shape index (κ3) is 3.70. The normalized spacial score (nSPS) is 15.1. The van der Waals surface area contributed by atoms with Crippen LogP contribution in [0.3, 0.4) is 0 Å². The number of carbonyl (C=O) groups excluding carboxylic acids is 1. The van der Waals surface area contributed by atoms with Gasteiger partial charge in [-0.3, -0.25) is 0 Å². The minimum absolute atomic E-state index is 0.213. The van der Waals surface area contributed by atoms with Crippen LogP contribution < -0.4 is 10.6 Å². The molecule has 0 radical (unpaired) electrons. The molecule has 1 saturated carbocycles. The van der Waals surface area contributed by atoms with Gasteiger partial charge >= 0.3 is 6.03 Å². The van der Waals surface area contributed by atoms with Crippen LogP contribution in [0, 0.1) is 5.92 Å². The average Bonchev–Trinajstić information content (AvgIpc) is 3.01. The van der Waals surface area contributed by atoms with Crippen LogP contribution in [0.1, 0.15) is 12.8 Å². The van der Waals surface area contributed by atoms with Gasteiger partial charge in [0, 0.05) is 16.4 Å². The lowest BCUT2D eigenvalue weighted by atomic mass is 10.3. The first-order valence-corrected chi connectivity index (χ1v) is 6.03. The van der Waals surface area contributed by atoms with Crippen molar-refractivity contribution in [3.05, 3.63) is 41.0 Å². The number of nitrogens with one attached hydrogen (secondary N) is 2. The molecule has 0 heterocycles. The van der Waals surface area contributed by atoms with E-state index in [9.17, 15) is 4.79 Å². The Morgan fingerprint density at radius 1 is 1.44 bits per heavy atom. The molecule has 84 valence electrons. The predicted octanol–water partition coefficient (Wildman–Crippen LogP) is 3.49. The van der Waals surface area contributed by atoms with E-state index in [1.165, 1.54) is 12.8 Å². The molecule has 0 aromatic heterocycles. The Kier molecular flexibility index (Phi) is 3.62. The van der Waals surface area contributed by atoms with Crippen molar-refractivity contribution < 1.29 is 4.79 Å². The summed E-state index contributed by atoms with van der Waals surface area (Å²) in [4.78, 5) is 11.4. The zero-order valence-electron chi connectivity index (χ0n) is 8.74. The number of anilines is 1. The summed E-state index contributed by atoms with van der Waals surface area (Å²) in [5.41, 5.74) is 0.770. The van der Waals surface area contributed by atoms with Crippen LogP contribution in [0.25, 0.3) is 0 Å². The molecule has 0 saturated heterocycles. The Hall–Kier alpha value is -1.29. The number of hydrogen-bond acceptors (Lipinski definition) is 1. The molecule has 3 nitrogen and oxygen atoms in total. The van der Waals surface area contributed by atoms with Gasteiger partial charge in [0.2, 0.25) is 0 Å². The Labute approximate surface area is 103 Å². The summed E-state index contributed by atoms with van der Waals surface area (Å²) < 4.78 is 0.943. The van der Waals surface area contributed by atoms with Gasteiger partial charge in [-0.25, -0.2) is 4.79 Å². The van der Waals surface area contributed by atoms with E-state index in [0.29, 0.717) is 5.92 Å². The van der Waals surface area contributed by atoms with Crippen molar-refractivity contribution in [2.45, 2.75) is 12.8 Å². The molecule has 16 heavy (non-hydrogen) atoms. The summed E-state index contributed by atoms with van der Waals surface area (Å²) in [5.74, 6) is 0.672. The maximum absolute atomic E-state index is 11.4. The molecule has 0 atom stereocenters. The van der Waals surface area contributed by atoms with E-state index >= 15 is 0 Å². The quantitative estimate of drug-likeness (QED) is 0.874. The minimum Gasteiger partial charge on any atom is -0.315 e. The largest absolute Gasteiger partial charge is 0.323 e. The fourth-order valence-electron chi connectivity index (χ4n) is 1.28. The molecule has 1 aliphatic carbocycles. The number of hydrogen-bond donors (Lipinski definition) is 2. The van der Waals surface area contributed by atoms with Crippen LogP contribution in [-0.4, -0.2) is 6.03 Å². The Balaban J connectivity index is 1.81. The Morgan fingerprint density at radius 2 is 2.25 bits per heavy atom. The van der Waals surface area contributed by atoms with Crippen LogP contribution in [0.4, 0.5) is 10.5 Å². The zero-order chi connectivity index (χ0) is 11.4. The van der Waals surface area contributed by atoms with Gasteiger partial charge in [0.1, 0.15) is 0 Å². The van der Waals surface area contributed by atoms with Gasteiger partial charge in [-0.1, -0.05) is 28.1 Å². The number of halogens is 1. The highest BCUT2D eigenvalue weighted by Gasteiger charge is 2.16. The second-order valence-corrected chi connectivity index (χ2v) is 4.72. The van der Waals surface area contributed by atoms with Crippen molar-refractivity contribution in [2.75, 3.05) is 5.32 Å². The van der Waals surface area contributed by atoms with Gasteiger partial charge in [0.25, 0.3) is 0 Å². The molecule has 2 rings (SSSR count). The molecule has 1 aromatic rings. The summed E-state index contributed by atoms with van der Waals surface area (Å²) in [5, 5.41) is 5.42. The molecule has 0 unspecified atom stereocenters. The van der Waals surface area contributed by atoms with Crippen molar-refractivity contribution in [3.63, 3.8) is 0 Å². The van der Waals surface area contributed by atoms with Crippen molar-refractivity contribution >= 4 is 27.6 Å². The molecule has 2 amide bonds. The topological polar surface area (TPSA) is 41.1 Å². The van der Waals surface area contributed by atoms with Crippen molar-refractivity contribution in [2.24, 2.45) is 5.92 Å². The summed E-state index contributed by atoms with van der Waals surface area (Å²) in [6.45, 7) is 0. The summed E-state index contributed by atoms with van der Waals surface area (Å²) >= 11 is 3.35. The Morgan fingerprint density at radius 3 is 2.94 bits per heavy atom. The third-order valence-corrected chi connectivity index (χ3v) is 2.78. The fourth-order valence-corrected chi connectivity index (χ4v) is 1.68. The molecule has 1 fully saturated rings. The van der Waals surface area contributed by atoms with Gasteiger partial charge in [-0.2, -0.15) is 0 Å². The predicted molar refractivity (Wildman–Crippen MR) is 68.2 cm³/mol. The number of allylic oxidation sites excluding steroid dienone is 1. The zero-order valence-corrected chi connectivity index (χ0v) is 10.3. The molecule has 2 N–H and O–H groups in total. The standard InChI is InChI=1S/C12H13BrN2O/c13-10-2-1-3-11(8-10)15-12(16)14-7-6-9-4-5-9/h1-3,6-9H,4-5H2,(H2,14,15,16)/b7-6+. The highest BCUT2D eigenvalue weighted by atomic mass is 79.9. The molecule has 4 heteroatoms. The molecular formula is C12H13BrN2O. The van der Waals surface area contributed by atoms with Crippen LogP contribution in [0.5, 0.6) is 0 Å². The number of carbonyl (C=O) groups is 1. The van der Waals surface area contributed by atoms with Gasteiger partial charge in [0.05, 0.1) is 0 Å². The van der Waals surface area contributed by atoms with E-state index in [1.807, 2.05) is 30.3 Å². The fraction of sp³-hybridized carbons (Fsp3) is 0.250. The third-order valence-electron chi connectivity index (χ3n) is 2.29. The number of benzene rings is 1. The second-order valence-electron chi connectivity index (χ2n) is 3.81. The number of urea groups is 1. The highest BCUT2D eigenvalue weighted by Crippen LogP contribution is 2.29. The average molecular weight is 281 g/mol. The monoisotopic (exact) mass is 280 g/mol. The first kappa shape index (κ1) is 11.2. The molecule has 0 aliphatic heterocycles. The smallest absolute Gasteiger partial charge is 0.315 e. The SMILES string of the molecule is O=C(N/C=C/C1CC1)Nc1cccc(Br)c1. The van der Waals surface area contributed by atoms with E-state index in [0.717, 1.165) is 10.2 Å². The lowest BCUT2D eigenvalue weighted by molar-refractivity contribution is 0.255. The van der Waals surface area contributed by atoms with Gasteiger partial charge < -0.3 is 10.6 Å². The first-order chi connectivity index (χ1) is 7.74. The van der Waals surface area contributed by atoms with E-state index in [4.69, 9.17) is 0 Å². The lowest BCUT2D eigenvalue weighted by Crippen LogP contribution is -2.23. The van der Waals surface area contributed by atoms with Crippen LogP contribution in [0.2, 0.25) is 0 Å². The summed E-state index contributed by atoms with van der Waals surface area (Å²) in [6.07, 6.45) is 6.22. The summed E-state index contributed by atoms with van der Waals surface area (Å²) in [7, 11) is 0. The van der Waals surface area contributed by atoms with E-state index < -0.39 is 0 Å².